The van der Waals surface area contributed by atoms with Crippen LogP contribution in [0.1, 0.15) is 17.3 Å². The Bertz CT molecular complexity index is 510. The number of rotatable bonds is 3. The first-order valence-corrected chi connectivity index (χ1v) is 4.98. The van der Waals surface area contributed by atoms with Crippen molar-refractivity contribution in [3.8, 4) is 6.07 Å². The van der Waals surface area contributed by atoms with Gasteiger partial charge in [-0.05, 0) is 19.1 Å². The summed E-state index contributed by atoms with van der Waals surface area (Å²) in [5.74, 6) is -0.701. The zero-order chi connectivity index (χ0) is 13.0. The van der Waals surface area contributed by atoms with Crippen molar-refractivity contribution in [2.75, 3.05) is 0 Å². The van der Waals surface area contributed by atoms with E-state index in [1.807, 2.05) is 0 Å². The first-order chi connectivity index (χ1) is 7.97. The number of halogens is 1. The van der Waals surface area contributed by atoms with Crippen LogP contribution in [0.15, 0.2) is 18.2 Å². The lowest BCUT2D eigenvalue weighted by Gasteiger charge is -2.07. The Morgan fingerprint density at radius 1 is 1.65 bits per heavy atom. The fourth-order valence-corrected chi connectivity index (χ4v) is 1.43. The van der Waals surface area contributed by atoms with Gasteiger partial charge in [-0.25, -0.2) is 0 Å². The van der Waals surface area contributed by atoms with Crippen molar-refractivity contribution < 1.29 is 9.72 Å². The number of amides is 1. The number of nitrogens with zero attached hydrogens (tertiary/aromatic N) is 2. The van der Waals surface area contributed by atoms with Crippen LogP contribution >= 0.6 is 11.6 Å². The molecule has 0 spiro atoms. The zero-order valence-electron chi connectivity index (χ0n) is 8.81. The highest BCUT2D eigenvalue weighted by atomic mass is 35.5. The van der Waals surface area contributed by atoms with E-state index in [2.05, 4.69) is 5.32 Å². The molecule has 17 heavy (non-hydrogen) atoms. The number of benzene rings is 1. The van der Waals surface area contributed by atoms with E-state index in [4.69, 9.17) is 16.9 Å². The van der Waals surface area contributed by atoms with E-state index in [-0.39, 0.29) is 10.6 Å². The molecule has 1 rings (SSSR count). The summed E-state index contributed by atoms with van der Waals surface area (Å²) in [7, 11) is 0. The van der Waals surface area contributed by atoms with Gasteiger partial charge in [0.15, 0.2) is 0 Å². The van der Waals surface area contributed by atoms with Crippen LogP contribution < -0.4 is 5.32 Å². The molecule has 1 amide bonds. The number of para-hydroxylation sites is 1. The van der Waals surface area contributed by atoms with Crippen LogP contribution in [0, 0.1) is 21.4 Å². The number of nitriles is 1. The topological polar surface area (TPSA) is 96.0 Å². The third-order valence-corrected chi connectivity index (χ3v) is 2.26. The molecule has 1 aromatic carbocycles. The molecule has 0 heterocycles. The van der Waals surface area contributed by atoms with Gasteiger partial charge in [-0.1, -0.05) is 17.7 Å². The Morgan fingerprint density at radius 3 is 2.82 bits per heavy atom. The summed E-state index contributed by atoms with van der Waals surface area (Å²) in [6.07, 6.45) is 0. The van der Waals surface area contributed by atoms with Gasteiger partial charge in [0.05, 0.1) is 11.0 Å². The van der Waals surface area contributed by atoms with Crippen molar-refractivity contribution in [3.05, 3.63) is 38.9 Å². The van der Waals surface area contributed by atoms with Crippen molar-refractivity contribution in [2.24, 2.45) is 0 Å². The van der Waals surface area contributed by atoms with E-state index in [1.54, 1.807) is 6.07 Å². The highest BCUT2D eigenvalue weighted by Gasteiger charge is 2.24. The molecular formula is C10H8ClN3O3. The van der Waals surface area contributed by atoms with Crippen molar-refractivity contribution >= 4 is 23.2 Å². The van der Waals surface area contributed by atoms with Crippen molar-refractivity contribution in [3.63, 3.8) is 0 Å². The Morgan fingerprint density at radius 2 is 2.29 bits per heavy atom. The molecule has 7 heteroatoms. The minimum absolute atomic E-state index is 0.118. The fraction of sp³-hybridized carbons (Fsp3) is 0.200. The number of nitro benzene ring substituents is 1. The van der Waals surface area contributed by atoms with Crippen LogP contribution in [0.2, 0.25) is 5.02 Å². The van der Waals surface area contributed by atoms with Crippen molar-refractivity contribution in [1.82, 2.24) is 5.32 Å². The van der Waals surface area contributed by atoms with Crippen molar-refractivity contribution in [2.45, 2.75) is 13.0 Å². The lowest BCUT2D eigenvalue weighted by molar-refractivity contribution is -0.385. The Labute approximate surface area is 102 Å². The number of carbonyl (C=O) groups excluding carboxylic acids is 1. The zero-order valence-corrected chi connectivity index (χ0v) is 9.56. The summed E-state index contributed by atoms with van der Waals surface area (Å²) in [5.41, 5.74) is -0.624. The van der Waals surface area contributed by atoms with Gasteiger partial charge in [-0.3, -0.25) is 14.9 Å². The molecule has 0 bridgehead atoms. The van der Waals surface area contributed by atoms with Gasteiger partial charge < -0.3 is 5.32 Å². The average Bonchev–Trinajstić information content (AvgIpc) is 2.27. The van der Waals surface area contributed by atoms with Crippen LogP contribution in [-0.2, 0) is 0 Å². The van der Waals surface area contributed by atoms with Crippen LogP contribution in [0.4, 0.5) is 5.69 Å². The molecule has 6 nitrogen and oxygen atoms in total. The number of carbonyl (C=O) groups is 1. The lowest BCUT2D eigenvalue weighted by atomic mass is 10.1. The maximum Gasteiger partial charge on any atom is 0.300 e. The average molecular weight is 254 g/mol. The molecule has 0 saturated carbocycles. The van der Waals surface area contributed by atoms with Gasteiger partial charge >= 0.3 is 5.69 Å². The fourth-order valence-electron chi connectivity index (χ4n) is 1.19. The standard InChI is InChI=1S/C10H8ClN3O3/c1-6(5-12)13-10(15)7-3-2-4-8(11)9(7)14(16)17/h2-4,6H,1H3,(H,13,15). The van der Waals surface area contributed by atoms with E-state index in [9.17, 15) is 14.9 Å². The molecule has 0 fully saturated rings. The van der Waals surface area contributed by atoms with Gasteiger partial charge in [0.2, 0.25) is 0 Å². The lowest BCUT2D eigenvalue weighted by Crippen LogP contribution is -2.31. The number of nitrogens with one attached hydrogen (secondary N) is 1. The summed E-state index contributed by atoms with van der Waals surface area (Å²) in [6, 6.07) is 5.10. The molecule has 1 N–H and O–H groups in total. The van der Waals surface area contributed by atoms with E-state index >= 15 is 0 Å². The van der Waals surface area contributed by atoms with Gasteiger partial charge in [-0.2, -0.15) is 5.26 Å². The van der Waals surface area contributed by atoms with Gasteiger partial charge in [0, 0.05) is 0 Å². The second-order valence-electron chi connectivity index (χ2n) is 3.22. The molecule has 1 atom stereocenters. The van der Waals surface area contributed by atoms with Crippen LogP contribution in [-0.4, -0.2) is 16.9 Å². The minimum Gasteiger partial charge on any atom is -0.336 e. The number of nitro groups is 1. The first kappa shape index (κ1) is 12.9. The molecule has 0 aliphatic rings. The maximum atomic E-state index is 11.7. The third-order valence-electron chi connectivity index (χ3n) is 1.96. The summed E-state index contributed by atoms with van der Waals surface area (Å²) < 4.78 is 0. The highest BCUT2D eigenvalue weighted by Crippen LogP contribution is 2.27. The largest absolute Gasteiger partial charge is 0.336 e. The smallest absolute Gasteiger partial charge is 0.300 e. The second kappa shape index (κ2) is 5.27. The van der Waals surface area contributed by atoms with E-state index < -0.39 is 22.6 Å². The number of hydrogen-bond acceptors (Lipinski definition) is 4. The van der Waals surface area contributed by atoms with Gasteiger partial charge in [0.1, 0.15) is 16.6 Å². The van der Waals surface area contributed by atoms with E-state index in [1.165, 1.54) is 25.1 Å². The Balaban J connectivity index is 3.15. The Kier molecular flexibility index (Phi) is 4.01. The molecule has 88 valence electrons. The molecule has 1 aromatic rings. The Hall–Kier alpha value is -2.13. The second-order valence-corrected chi connectivity index (χ2v) is 3.62. The van der Waals surface area contributed by atoms with Crippen molar-refractivity contribution in [1.29, 1.82) is 5.26 Å². The first-order valence-electron chi connectivity index (χ1n) is 4.60. The molecule has 0 radical (unpaired) electrons. The summed E-state index contributed by atoms with van der Waals surface area (Å²) >= 11 is 5.65. The molecular weight excluding hydrogens is 246 g/mol. The van der Waals surface area contributed by atoms with Gasteiger partial charge in [-0.15, -0.1) is 0 Å². The van der Waals surface area contributed by atoms with Crippen LogP contribution in [0.5, 0.6) is 0 Å². The normalized spacial score (nSPS) is 11.4. The minimum atomic E-state index is -0.735. The van der Waals surface area contributed by atoms with Crippen LogP contribution in [0.3, 0.4) is 0 Å². The van der Waals surface area contributed by atoms with E-state index in [0.29, 0.717) is 0 Å². The van der Waals surface area contributed by atoms with Crippen LogP contribution in [0.25, 0.3) is 0 Å². The predicted octanol–water partition coefficient (Wildman–Crippen LogP) is 1.89. The predicted molar refractivity (Wildman–Crippen MR) is 60.6 cm³/mol. The molecule has 1 unspecified atom stereocenters. The highest BCUT2D eigenvalue weighted by molar-refractivity contribution is 6.33. The van der Waals surface area contributed by atoms with Gasteiger partial charge in [0.25, 0.3) is 5.91 Å². The monoisotopic (exact) mass is 253 g/mol. The van der Waals surface area contributed by atoms with E-state index in [0.717, 1.165) is 0 Å². The SMILES string of the molecule is CC(C#N)NC(=O)c1cccc(Cl)c1[N+](=O)[O-]. The third kappa shape index (κ3) is 2.92. The number of hydrogen-bond donors (Lipinski definition) is 1. The molecule has 0 aliphatic carbocycles. The molecule has 0 aromatic heterocycles. The molecule has 0 aliphatic heterocycles. The quantitative estimate of drug-likeness (QED) is 0.657. The summed E-state index contributed by atoms with van der Waals surface area (Å²) in [6.45, 7) is 1.47. The summed E-state index contributed by atoms with van der Waals surface area (Å²) in [4.78, 5) is 21.7. The maximum absolute atomic E-state index is 11.7. The summed E-state index contributed by atoms with van der Waals surface area (Å²) in [5, 5.41) is 21.5. The molecule has 0 saturated heterocycles.